The molecule has 1 aliphatic carbocycles. The van der Waals surface area contributed by atoms with E-state index in [1.165, 1.54) is 12.0 Å². The Labute approximate surface area is 179 Å². The van der Waals surface area contributed by atoms with E-state index in [4.69, 9.17) is 0 Å². The second-order valence-electron chi connectivity index (χ2n) is 9.00. The first-order valence-corrected chi connectivity index (χ1v) is 11.0. The first-order valence-electron chi connectivity index (χ1n) is 11.0. The fourth-order valence-corrected chi connectivity index (χ4v) is 4.86. The number of carbonyl (C=O) groups is 2. The highest BCUT2D eigenvalue weighted by molar-refractivity contribution is 5.84. The smallest absolute Gasteiger partial charge is 0.228 e. The Morgan fingerprint density at radius 2 is 1.73 bits per heavy atom. The molecular formula is C25H31N3O2. The lowest BCUT2D eigenvalue weighted by atomic mass is 9.71. The molecule has 0 unspecified atom stereocenters. The molecule has 0 N–H and O–H groups in total. The van der Waals surface area contributed by atoms with Crippen LogP contribution in [0.4, 0.5) is 0 Å². The van der Waals surface area contributed by atoms with E-state index < -0.39 is 5.41 Å². The molecule has 2 fully saturated rings. The van der Waals surface area contributed by atoms with Crippen LogP contribution in [0.1, 0.15) is 37.7 Å². The lowest BCUT2D eigenvalue weighted by Gasteiger charge is -2.44. The minimum absolute atomic E-state index is 0.169. The molecule has 1 saturated heterocycles. The van der Waals surface area contributed by atoms with Gasteiger partial charge in [-0.15, -0.1) is 0 Å². The zero-order valence-corrected chi connectivity index (χ0v) is 18.0. The van der Waals surface area contributed by atoms with E-state index in [2.05, 4.69) is 17.1 Å². The van der Waals surface area contributed by atoms with Crippen LogP contribution in [0, 0.1) is 11.3 Å². The van der Waals surface area contributed by atoms with Gasteiger partial charge < -0.3 is 9.80 Å². The molecule has 1 aromatic carbocycles. The minimum Gasteiger partial charge on any atom is -0.348 e. The maximum absolute atomic E-state index is 13.4. The summed E-state index contributed by atoms with van der Waals surface area (Å²) in [5, 5.41) is 0. The van der Waals surface area contributed by atoms with Crippen molar-refractivity contribution in [3.63, 3.8) is 0 Å². The predicted octanol–water partition coefficient (Wildman–Crippen LogP) is 3.79. The lowest BCUT2D eigenvalue weighted by Crippen LogP contribution is -2.52. The van der Waals surface area contributed by atoms with E-state index in [-0.39, 0.29) is 11.8 Å². The van der Waals surface area contributed by atoms with Crippen molar-refractivity contribution >= 4 is 11.8 Å². The fourth-order valence-electron chi connectivity index (χ4n) is 4.86. The SMILES string of the molecule is CN(C)C(=O)C1(Cc2ccccc2-c2ccncc2)CCN(C(=O)C2CCC2)CC1. The summed E-state index contributed by atoms with van der Waals surface area (Å²) in [7, 11) is 3.68. The first kappa shape index (κ1) is 20.6. The summed E-state index contributed by atoms with van der Waals surface area (Å²) in [4.78, 5) is 33.9. The van der Waals surface area contributed by atoms with Crippen LogP contribution in [0.25, 0.3) is 11.1 Å². The first-order chi connectivity index (χ1) is 14.5. The molecule has 2 heterocycles. The van der Waals surface area contributed by atoms with Crippen LogP contribution in [0.2, 0.25) is 0 Å². The molecule has 5 nitrogen and oxygen atoms in total. The molecular weight excluding hydrogens is 374 g/mol. The third-order valence-electron chi connectivity index (χ3n) is 6.88. The maximum atomic E-state index is 13.4. The van der Waals surface area contributed by atoms with Gasteiger partial charge in [-0.05, 0) is 60.9 Å². The molecule has 2 amide bonds. The van der Waals surface area contributed by atoms with Gasteiger partial charge in [0.2, 0.25) is 11.8 Å². The zero-order valence-electron chi connectivity index (χ0n) is 18.0. The molecule has 1 aliphatic heterocycles. The molecule has 4 rings (SSSR count). The van der Waals surface area contributed by atoms with Gasteiger partial charge in [0.1, 0.15) is 0 Å². The maximum Gasteiger partial charge on any atom is 0.228 e. The van der Waals surface area contributed by atoms with Crippen molar-refractivity contribution in [2.75, 3.05) is 27.2 Å². The largest absolute Gasteiger partial charge is 0.348 e. The Bertz CT molecular complexity index is 898. The summed E-state index contributed by atoms with van der Waals surface area (Å²) in [6.45, 7) is 1.35. The molecule has 2 aromatic rings. The number of nitrogens with zero attached hydrogens (tertiary/aromatic N) is 3. The van der Waals surface area contributed by atoms with Gasteiger partial charge in [0.25, 0.3) is 0 Å². The third-order valence-corrected chi connectivity index (χ3v) is 6.88. The Kier molecular flexibility index (Phi) is 5.89. The van der Waals surface area contributed by atoms with Crippen LogP contribution in [-0.2, 0) is 16.0 Å². The van der Waals surface area contributed by atoms with Gasteiger partial charge in [-0.1, -0.05) is 30.7 Å². The highest BCUT2D eigenvalue weighted by atomic mass is 16.2. The van der Waals surface area contributed by atoms with Crippen LogP contribution >= 0.6 is 0 Å². The van der Waals surface area contributed by atoms with Crippen molar-refractivity contribution < 1.29 is 9.59 Å². The van der Waals surface area contributed by atoms with Gasteiger partial charge in [-0.3, -0.25) is 14.6 Å². The number of benzene rings is 1. The molecule has 2 aliphatic rings. The summed E-state index contributed by atoms with van der Waals surface area (Å²) >= 11 is 0. The number of aromatic nitrogens is 1. The number of rotatable bonds is 5. The number of hydrogen-bond acceptors (Lipinski definition) is 3. The molecule has 1 aromatic heterocycles. The van der Waals surface area contributed by atoms with Crippen molar-refractivity contribution in [2.24, 2.45) is 11.3 Å². The number of likely N-dealkylation sites (tertiary alicyclic amines) is 1. The summed E-state index contributed by atoms with van der Waals surface area (Å²) < 4.78 is 0. The summed E-state index contributed by atoms with van der Waals surface area (Å²) in [6, 6.07) is 12.4. The van der Waals surface area contributed by atoms with Gasteiger partial charge in [0.05, 0.1) is 5.41 Å². The van der Waals surface area contributed by atoms with Crippen molar-refractivity contribution in [2.45, 2.75) is 38.5 Å². The van der Waals surface area contributed by atoms with E-state index in [9.17, 15) is 9.59 Å². The summed E-state index contributed by atoms with van der Waals surface area (Å²) in [6.07, 6.45) is 8.94. The van der Waals surface area contributed by atoms with Crippen LogP contribution in [0.15, 0.2) is 48.8 Å². The van der Waals surface area contributed by atoms with Crippen molar-refractivity contribution in [3.05, 3.63) is 54.4 Å². The molecule has 0 bridgehead atoms. The number of carbonyl (C=O) groups excluding carboxylic acids is 2. The van der Waals surface area contributed by atoms with Gasteiger partial charge in [-0.2, -0.15) is 0 Å². The Balaban J connectivity index is 1.59. The van der Waals surface area contributed by atoms with E-state index in [1.54, 1.807) is 17.3 Å². The summed E-state index contributed by atoms with van der Waals surface area (Å²) in [5.41, 5.74) is 2.98. The fraction of sp³-hybridized carbons (Fsp3) is 0.480. The molecule has 0 atom stereocenters. The van der Waals surface area contributed by atoms with E-state index >= 15 is 0 Å². The average molecular weight is 406 g/mol. The number of pyridine rings is 1. The van der Waals surface area contributed by atoms with Crippen LogP contribution in [0.5, 0.6) is 0 Å². The van der Waals surface area contributed by atoms with Gasteiger partial charge in [0, 0.05) is 45.5 Å². The minimum atomic E-state index is -0.469. The quantitative estimate of drug-likeness (QED) is 0.761. The number of amides is 2. The molecule has 0 spiro atoms. The van der Waals surface area contributed by atoms with Crippen molar-refractivity contribution in [3.8, 4) is 11.1 Å². The van der Waals surface area contributed by atoms with Crippen LogP contribution in [0.3, 0.4) is 0 Å². The standard InChI is InChI=1S/C25H31N3O2/c1-27(2)24(30)25(12-16-28(17-13-25)23(29)20-7-5-8-20)18-21-6-3-4-9-22(21)19-10-14-26-15-11-19/h3-4,6,9-11,14-15,20H,5,7-8,12-13,16-18H2,1-2H3. The molecule has 0 radical (unpaired) electrons. The van der Waals surface area contributed by atoms with Crippen LogP contribution < -0.4 is 0 Å². The van der Waals surface area contributed by atoms with Crippen molar-refractivity contribution in [1.82, 2.24) is 14.8 Å². The topological polar surface area (TPSA) is 53.5 Å². The van der Waals surface area contributed by atoms with Gasteiger partial charge in [0.15, 0.2) is 0 Å². The number of piperidine rings is 1. The Hall–Kier alpha value is -2.69. The molecule has 1 saturated carbocycles. The van der Waals surface area contributed by atoms with Crippen molar-refractivity contribution in [1.29, 1.82) is 0 Å². The van der Waals surface area contributed by atoms with E-state index in [0.29, 0.717) is 38.3 Å². The average Bonchev–Trinajstić information content (AvgIpc) is 2.73. The van der Waals surface area contributed by atoms with Gasteiger partial charge >= 0.3 is 0 Å². The lowest BCUT2D eigenvalue weighted by molar-refractivity contribution is -0.148. The monoisotopic (exact) mass is 405 g/mol. The summed E-state index contributed by atoms with van der Waals surface area (Å²) in [5.74, 6) is 0.682. The second kappa shape index (κ2) is 8.58. The highest BCUT2D eigenvalue weighted by Crippen LogP contribution is 2.40. The van der Waals surface area contributed by atoms with E-state index in [0.717, 1.165) is 24.0 Å². The van der Waals surface area contributed by atoms with Gasteiger partial charge in [-0.25, -0.2) is 0 Å². The third kappa shape index (κ3) is 3.98. The zero-order chi connectivity index (χ0) is 21.1. The van der Waals surface area contributed by atoms with E-state index in [1.807, 2.05) is 43.3 Å². The Morgan fingerprint density at radius 1 is 1.07 bits per heavy atom. The molecule has 30 heavy (non-hydrogen) atoms. The predicted molar refractivity (Wildman–Crippen MR) is 118 cm³/mol. The highest BCUT2D eigenvalue weighted by Gasteiger charge is 2.44. The second-order valence-corrected chi connectivity index (χ2v) is 9.00. The molecule has 158 valence electrons. The molecule has 5 heteroatoms. The van der Waals surface area contributed by atoms with Crippen LogP contribution in [-0.4, -0.2) is 53.8 Å². The number of hydrogen-bond donors (Lipinski definition) is 0. The Morgan fingerprint density at radius 3 is 2.33 bits per heavy atom. The normalized spacial score (nSPS) is 18.5.